The van der Waals surface area contributed by atoms with Crippen LogP contribution in [0.5, 0.6) is 0 Å². The van der Waals surface area contributed by atoms with Crippen molar-refractivity contribution in [2.24, 2.45) is 0 Å². The van der Waals surface area contributed by atoms with Crippen molar-refractivity contribution in [2.75, 3.05) is 18.0 Å². The number of hydrogen-bond acceptors (Lipinski definition) is 1. The topological polar surface area (TPSA) is 3.24 Å². The second kappa shape index (κ2) is 2.61. The van der Waals surface area contributed by atoms with E-state index in [0.717, 1.165) is 5.46 Å². The summed E-state index contributed by atoms with van der Waals surface area (Å²) in [6, 6.07) is 8.06. The zero-order valence-corrected chi connectivity index (χ0v) is 6.46. The Bertz CT molecular complexity index is 255. The molecule has 1 fully saturated rings. The Labute approximate surface area is 68.4 Å². The van der Waals surface area contributed by atoms with Gasteiger partial charge in [0.15, 0.2) is 0 Å². The lowest BCUT2D eigenvalue weighted by Gasteiger charge is -2.33. The molecular formula is C9H10BN. The molecule has 2 radical (unpaired) electrons. The predicted octanol–water partition coefficient (Wildman–Crippen LogP) is 0.691. The van der Waals surface area contributed by atoms with Crippen LogP contribution in [0.1, 0.15) is 6.42 Å². The van der Waals surface area contributed by atoms with Crippen molar-refractivity contribution in [1.29, 1.82) is 0 Å². The van der Waals surface area contributed by atoms with Crippen LogP contribution in [0.15, 0.2) is 24.3 Å². The van der Waals surface area contributed by atoms with Gasteiger partial charge in [-0.2, -0.15) is 0 Å². The second-order valence-corrected chi connectivity index (χ2v) is 2.94. The Balaban J connectivity index is 2.23. The van der Waals surface area contributed by atoms with Crippen LogP contribution in [-0.2, 0) is 0 Å². The number of anilines is 1. The first-order valence-electron chi connectivity index (χ1n) is 3.97. The number of benzene rings is 1. The van der Waals surface area contributed by atoms with Gasteiger partial charge in [-0.05, 0) is 18.6 Å². The monoisotopic (exact) mass is 143 g/mol. The molecule has 1 saturated heterocycles. The van der Waals surface area contributed by atoms with Crippen molar-refractivity contribution in [3.8, 4) is 0 Å². The summed E-state index contributed by atoms with van der Waals surface area (Å²) in [5, 5.41) is 0. The molecule has 0 spiro atoms. The molecule has 0 saturated carbocycles. The first-order valence-corrected chi connectivity index (χ1v) is 3.97. The van der Waals surface area contributed by atoms with E-state index < -0.39 is 0 Å². The Kier molecular flexibility index (Phi) is 1.61. The Morgan fingerprint density at radius 1 is 1.27 bits per heavy atom. The van der Waals surface area contributed by atoms with Gasteiger partial charge < -0.3 is 4.90 Å². The summed E-state index contributed by atoms with van der Waals surface area (Å²) in [5.74, 6) is 0. The zero-order valence-electron chi connectivity index (χ0n) is 6.46. The molecule has 0 amide bonds. The molecule has 1 heterocycles. The highest BCUT2D eigenvalue weighted by Gasteiger charge is 2.13. The normalized spacial score (nSPS) is 16.2. The molecular weight excluding hydrogens is 133 g/mol. The van der Waals surface area contributed by atoms with E-state index in [-0.39, 0.29) is 0 Å². The van der Waals surface area contributed by atoms with Gasteiger partial charge >= 0.3 is 0 Å². The maximum atomic E-state index is 5.65. The van der Waals surface area contributed by atoms with Crippen LogP contribution in [0.2, 0.25) is 0 Å². The van der Waals surface area contributed by atoms with Gasteiger partial charge in [0.05, 0.1) is 0 Å². The summed E-state index contributed by atoms with van der Waals surface area (Å²) in [6.07, 6.45) is 1.31. The van der Waals surface area contributed by atoms with Crippen molar-refractivity contribution in [3.63, 3.8) is 0 Å². The van der Waals surface area contributed by atoms with Crippen LogP contribution in [0, 0.1) is 0 Å². The van der Waals surface area contributed by atoms with Gasteiger partial charge in [0.1, 0.15) is 7.85 Å². The lowest BCUT2D eigenvalue weighted by Crippen LogP contribution is -2.37. The molecule has 0 atom stereocenters. The van der Waals surface area contributed by atoms with E-state index in [1.54, 1.807) is 0 Å². The second-order valence-electron chi connectivity index (χ2n) is 2.94. The highest BCUT2D eigenvalue weighted by atomic mass is 15.2. The summed E-state index contributed by atoms with van der Waals surface area (Å²) >= 11 is 0. The van der Waals surface area contributed by atoms with E-state index in [0.29, 0.717) is 0 Å². The molecule has 54 valence electrons. The maximum Gasteiger partial charge on any atom is 0.113 e. The molecule has 0 aromatic heterocycles. The first kappa shape index (κ1) is 6.77. The Morgan fingerprint density at radius 2 is 2.09 bits per heavy atom. The van der Waals surface area contributed by atoms with Crippen LogP contribution in [0.25, 0.3) is 0 Å². The minimum atomic E-state index is 0.856. The van der Waals surface area contributed by atoms with E-state index in [2.05, 4.69) is 11.0 Å². The van der Waals surface area contributed by atoms with Crippen LogP contribution in [0.4, 0.5) is 5.69 Å². The smallest absolute Gasteiger partial charge is 0.113 e. The maximum absolute atomic E-state index is 5.65. The third-order valence-electron chi connectivity index (χ3n) is 2.09. The molecule has 0 unspecified atom stereocenters. The van der Waals surface area contributed by atoms with Crippen molar-refractivity contribution < 1.29 is 0 Å². The Hall–Kier alpha value is -0.915. The summed E-state index contributed by atoms with van der Waals surface area (Å²) in [7, 11) is 5.65. The third-order valence-corrected chi connectivity index (χ3v) is 2.09. The average Bonchev–Trinajstić information content (AvgIpc) is 1.83. The minimum absolute atomic E-state index is 0.856. The van der Waals surface area contributed by atoms with Crippen molar-refractivity contribution in [2.45, 2.75) is 6.42 Å². The largest absolute Gasteiger partial charge is 0.371 e. The number of nitrogens with zero attached hydrogens (tertiary/aromatic N) is 1. The molecule has 1 aromatic carbocycles. The van der Waals surface area contributed by atoms with Crippen molar-refractivity contribution >= 4 is 19.0 Å². The summed E-state index contributed by atoms with van der Waals surface area (Å²) in [6.45, 7) is 2.37. The third kappa shape index (κ3) is 1.25. The van der Waals surface area contributed by atoms with Crippen LogP contribution in [0.3, 0.4) is 0 Å². The minimum Gasteiger partial charge on any atom is -0.371 e. The van der Waals surface area contributed by atoms with Gasteiger partial charge in [0.25, 0.3) is 0 Å². The van der Waals surface area contributed by atoms with Gasteiger partial charge in [0, 0.05) is 18.8 Å². The molecule has 1 nitrogen and oxygen atoms in total. The molecule has 2 rings (SSSR count). The molecule has 0 N–H and O–H groups in total. The fourth-order valence-electron chi connectivity index (χ4n) is 1.30. The van der Waals surface area contributed by atoms with Gasteiger partial charge in [-0.3, -0.25) is 0 Å². The van der Waals surface area contributed by atoms with E-state index in [1.165, 1.54) is 25.2 Å². The highest BCUT2D eigenvalue weighted by molar-refractivity contribution is 6.32. The van der Waals surface area contributed by atoms with Crippen molar-refractivity contribution in [3.05, 3.63) is 24.3 Å². The van der Waals surface area contributed by atoms with Crippen molar-refractivity contribution in [1.82, 2.24) is 0 Å². The highest BCUT2D eigenvalue weighted by Crippen LogP contribution is 2.17. The molecule has 1 aromatic rings. The van der Waals surface area contributed by atoms with E-state index in [4.69, 9.17) is 7.85 Å². The fraction of sp³-hybridized carbons (Fsp3) is 0.333. The quantitative estimate of drug-likeness (QED) is 0.522. The van der Waals surface area contributed by atoms with Crippen LogP contribution in [-0.4, -0.2) is 20.9 Å². The van der Waals surface area contributed by atoms with E-state index in [1.807, 2.05) is 18.2 Å². The van der Waals surface area contributed by atoms with Gasteiger partial charge in [0.2, 0.25) is 0 Å². The standard InChI is InChI=1S/C9H10BN/c10-8-3-1-4-9(7-8)11-5-2-6-11/h1,3-4,7H,2,5-6H2. The molecule has 0 aliphatic carbocycles. The van der Waals surface area contributed by atoms with Crippen LogP contribution < -0.4 is 10.4 Å². The molecule has 11 heavy (non-hydrogen) atoms. The van der Waals surface area contributed by atoms with E-state index in [9.17, 15) is 0 Å². The molecule has 2 heteroatoms. The van der Waals surface area contributed by atoms with Gasteiger partial charge in [-0.1, -0.05) is 17.6 Å². The summed E-state index contributed by atoms with van der Waals surface area (Å²) < 4.78 is 0. The predicted molar refractivity (Wildman–Crippen MR) is 48.7 cm³/mol. The molecule has 1 aliphatic heterocycles. The fourth-order valence-corrected chi connectivity index (χ4v) is 1.30. The Morgan fingerprint density at radius 3 is 2.64 bits per heavy atom. The lowest BCUT2D eigenvalue weighted by molar-refractivity contribution is 0.618. The summed E-state index contributed by atoms with van der Waals surface area (Å²) in [4.78, 5) is 2.33. The average molecular weight is 143 g/mol. The van der Waals surface area contributed by atoms with E-state index >= 15 is 0 Å². The van der Waals surface area contributed by atoms with Crippen LogP contribution >= 0.6 is 0 Å². The SMILES string of the molecule is [B]c1cccc(N2CCC2)c1. The zero-order chi connectivity index (χ0) is 7.68. The van der Waals surface area contributed by atoms with Gasteiger partial charge in [-0.25, -0.2) is 0 Å². The molecule has 1 aliphatic rings. The number of rotatable bonds is 1. The first-order chi connectivity index (χ1) is 5.36. The van der Waals surface area contributed by atoms with Gasteiger partial charge in [-0.15, -0.1) is 0 Å². The summed E-state index contributed by atoms with van der Waals surface area (Å²) in [5.41, 5.74) is 2.12. The lowest BCUT2D eigenvalue weighted by atomic mass is 9.95. The number of hydrogen-bond donors (Lipinski definition) is 0. The molecule has 0 bridgehead atoms.